The van der Waals surface area contributed by atoms with Crippen molar-refractivity contribution in [3.05, 3.63) is 35.4 Å². The van der Waals surface area contributed by atoms with E-state index in [9.17, 15) is 5.11 Å². The molecule has 0 unspecified atom stereocenters. The summed E-state index contributed by atoms with van der Waals surface area (Å²) in [4.78, 5) is 0. The largest absolute Gasteiger partial charge is 0.393 e. The Balaban J connectivity index is 2.11. The number of nitriles is 1. The molecule has 84 valence electrons. The molecule has 0 spiro atoms. The second-order valence-electron chi connectivity index (χ2n) is 4.16. The third-order valence-corrected chi connectivity index (χ3v) is 3.05. The topological polar surface area (TPSA) is 53.2 Å². The Morgan fingerprint density at radius 3 is 3.00 bits per heavy atom. The number of hydrogen-bond acceptors (Lipinski definition) is 3. The number of ether oxygens (including phenoxy) is 1. The number of aliphatic hydroxyl groups is 1. The molecule has 3 nitrogen and oxygen atoms in total. The average molecular weight is 217 g/mol. The van der Waals surface area contributed by atoms with E-state index in [0.29, 0.717) is 31.6 Å². The molecule has 1 saturated heterocycles. The lowest BCUT2D eigenvalue weighted by Crippen LogP contribution is -2.33. The maximum atomic E-state index is 9.83. The Morgan fingerprint density at radius 2 is 2.25 bits per heavy atom. The Kier molecular flexibility index (Phi) is 3.55. The minimum Gasteiger partial charge on any atom is -0.393 e. The van der Waals surface area contributed by atoms with Crippen LogP contribution in [-0.2, 0) is 11.2 Å². The number of nitrogens with zero attached hydrogens (tertiary/aromatic N) is 1. The highest BCUT2D eigenvalue weighted by atomic mass is 16.5. The fourth-order valence-corrected chi connectivity index (χ4v) is 2.07. The van der Waals surface area contributed by atoms with Gasteiger partial charge >= 0.3 is 0 Å². The van der Waals surface area contributed by atoms with Gasteiger partial charge in [-0.05, 0) is 24.5 Å². The maximum Gasteiger partial charge on any atom is 0.0994 e. The molecule has 0 amide bonds. The molecule has 1 aromatic carbocycles. The number of hydrogen-bond donors (Lipinski definition) is 1. The van der Waals surface area contributed by atoms with E-state index in [0.717, 1.165) is 5.56 Å². The van der Waals surface area contributed by atoms with Gasteiger partial charge in [0.05, 0.1) is 24.3 Å². The Hall–Kier alpha value is -1.37. The fraction of sp³-hybridized carbons (Fsp3) is 0.462. The predicted molar refractivity (Wildman–Crippen MR) is 59.8 cm³/mol. The lowest BCUT2D eigenvalue weighted by atomic mass is 9.90. The van der Waals surface area contributed by atoms with Gasteiger partial charge in [0.1, 0.15) is 0 Å². The summed E-state index contributed by atoms with van der Waals surface area (Å²) in [6, 6.07) is 9.71. The van der Waals surface area contributed by atoms with Crippen molar-refractivity contribution in [2.24, 2.45) is 5.92 Å². The highest BCUT2D eigenvalue weighted by molar-refractivity contribution is 5.37. The summed E-state index contributed by atoms with van der Waals surface area (Å²) >= 11 is 0. The zero-order chi connectivity index (χ0) is 11.4. The minimum atomic E-state index is -0.305. The first kappa shape index (κ1) is 11.1. The predicted octanol–water partition coefficient (Wildman–Crippen LogP) is 1.50. The van der Waals surface area contributed by atoms with Crippen LogP contribution in [0.25, 0.3) is 0 Å². The molecule has 1 N–H and O–H groups in total. The SMILES string of the molecule is N#Cc1ccccc1C[C@H]1COCC[C@@H]1O. The molecule has 0 aromatic heterocycles. The zero-order valence-electron chi connectivity index (χ0n) is 9.10. The van der Waals surface area contributed by atoms with E-state index in [1.165, 1.54) is 0 Å². The highest BCUT2D eigenvalue weighted by Crippen LogP contribution is 2.21. The van der Waals surface area contributed by atoms with Gasteiger partial charge < -0.3 is 9.84 Å². The molecule has 3 heteroatoms. The zero-order valence-corrected chi connectivity index (χ0v) is 9.10. The molecule has 1 heterocycles. The van der Waals surface area contributed by atoms with Crippen LogP contribution in [0.2, 0.25) is 0 Å². The molecule has 2 rings (SSSR count). The molecule has 1 fully saturated rings. The summed E-state index contributed by atoms with van der Waals surface area (Å²) in [6.45, 7) is 1.22. The lowest BCUT2D eigenvalue weighted by molar-refractivity contribution is -0.0350. The molecule has 1 aromatic rings. The van der Waals surface area contributed by atoms with Crippen LogP contribution in [0, 0.1) is 17.2 Å². The molecular formula is C13H15NO2. The van der Waals surface area contributed by atoms with E-state index in [1.54, 1.807) is 0 Å². The van der Waals surface area contributed by atoms with E-state index in [2.05, 4.69) is 6.07 Å². The van der Waals surface area contributed by atoms with Gasteiger partial charge in [-0.3, -0.25) is 0 Å². The fourth-order valence-electron chi connectivity index (χ4n) is 2.07. The van der Waals surface area contributed by atoms with Gasteiger partial charge in [0.2, 0.25) is 0 Å². The van der Waals surface area contributed by atoms with Crippen LogP contribution in [0.4, 0.5) is 0 Å². The number of rotatable bonds is 2. The van der Waals surface area contributed by atoms with Crippen molar-refractivity contribution in [1.82, 2.24) is 0 Å². The normalized spacial score (nSPS) is 25.0. The summed E-state index contributed by atoms with van der Waals surface area (Å²) in [7, 11) is 0. The van der Waals surface area contributed by atoms with Crippen molar-refractivity contribution >= 4 is 0 Å². The van der Waals surface area contributed by atoms with E-state index >= 15 is 0 Å². The molecule has 0 aliphatic carbocycles. The molecule has 16 heavy (non-hydrogen) atoms. The third-order valence-electron chi connectivity index (χ3n) is 3.05. The first-order valence-electron chi connectivity index (χ1n) is 5.55. The van der Waals surface area contributed by atoms with Crippen LogP contribution in [0.3, 0.4) is 0 Å². The smallest absolute Gasteiger partial charge is 0.0994 e. The van der Waals surface area contributed by atoms with Crippen molar-refractivity contribution in [2.75, 3.05) is 13.2 Å². The molecule has 1 aliphatic heterocycles. The van der Waals surface area contributed by atoms with Crippen LogP contribution in [0.5, 0.6) is 0 Å². The van der Waals surface area contributed by atoms with E-state index in [4.69, 9.17) is 10.00 Å². The third kappa shape index (κ3) is 2.41. The Labute approximate surface area is 95.3 Å². The van der Waals surface area contributed by atoms with Crippen LogP contribution in [0.15, 0.2) is 24.3 Å². The van der Waals surface area contributed by atoms with Gasteiger partial charge in [-0.15, -0.1) is 0 Å². The van der Waals surface area contributed by atoms with E-state index < -0.39 is 0 Å². The summed E-state index contributed by atoms with van der Waals surface area (Å²) < 4.78 is 5.36. The second kappa shape index (κ2) is 5.11. The van der Waals surface area contributed by atoms with Gasteiger partial charge in [-0.2, -0.15) is 5.26 Å². The van der Waals surface area contributed by atoms with Crippen molar-refractivity contribution < 1.29 is 9.84 Å². The van der Waals surface area contributed by atoms with Crippen molar-refractivity contribution in [3.8, 4) is 6.07 Å². The van der Waals surface area contributed by atoms with Crippen LogP contribution in [0.1, 0.15) is 17.5 Å². The molecule has 0 saturated carbocycles. The van der Waals surface area contributed by atoms with Gasteiger partial charge in [0.15, 0.2) is 0 Å². The number of aliphatic hydroxyl groups excluding tert-OH is 1. The van der Waals surface area contributed by atoms with E-state index in [1.807, 2.05) is 24.3 Å². The monoisotopic (exact) mass is 217 g/mol. The van der Waals surface area contributed by atoms with Gasteiger partial charge in [-0.25, -0.2) is 0 Å². The molecule has 0 radical (unpaired) electrons. The minimum absolute atomic E-state index is 0.114. The Bertz CT molecular complexity index is 397. The summed E-state index contributed by atoms with van der Waals surface area (Å²) in [5, 5.41) is 18.8. The van der Waals surface area contributed by atoms with Crippen LogP contribution in [-0.4, -0.2) is 24.4 Å². The van der Waals surface area contributed by atoms with Gasteiger partial charge in [0.25, 0.3) is 0 Å². The number of benzene rings is 1. The molecule has 0 bridgehead atoms. The maximum absolute atomic E-state index is 9.83. The highest BCUT2D eigenvalue weighted by Gasteiger charge is 2.24. The quantitative estimate of drug-likeness (QED) is 0.816. The molecule has 1 aliphatic rings. The first-order chi connectivity index (χ1) is 7.81. The summed E-state index contributed by atoms with van der Waals surface area (Å²) in [5.41, 5.74) is 1.69. The van der Waals surface area contributed by atoms with Crippen molar-refractivity contribution in [1.29, 1.82) is 5.26 Å². The summed E-state index contributed by atoms with van der Waals surface area (Å²) in [6.07, 6.45) is 1.10. The molecule has 2 atom stereocenters. The average Bonchev–Trinajstić information content (AvgIpc) is 2.33. The standard InChI is InChI=1S/C13H15NO2/c14-8-11-4-2-1-3-10(11)7-12-9-16-6-5-13(12)15/h1-4,12-13,15H,5-7,9H2/t12-,13-/m0/s1. The summed E-state index contributed by atoms with van der Waals surface area (Å²) in [5.74, 6) is 0.114. The van der Waals surface area contributed by atoms with Crippen molar-refractivity contribution in [2.45, 2.75) is 18.9 Å². The van der Waals surface area contributed by atoms with Gasteiger partial charge in [-0.1, -0.05) is 18.2 Å². The first-order valence-corrected chi connectivity index (χ1v) is 5.55. The molecular weight excluding hydrogens is 202 g/mol. The van der Waals surface area contributed by atoms with Gasteiger partial charge in [0, 0.05) is 12.5 Å². The van der Waals surface area contributed by atoms with E-state index in [-0.39, 0.29) is 12.0 Å². The van der Waals surface area contributed by atoms with Crippen LogP contribution >= 0.6 is 0 Å². The lowest BCUT2D eigenvalue weighted by Gasteiger charge is -2.27. The Morgan fingerprint density at radius 1 is 1.44 bits per heavy atom. The van der Waals surface area contributed by atoms with Crippen LogP contribution < -0.4 is 0 Å². The van der Waals surface area contributed by atoms with Crippen molar-refractivity contribution in [3.63, 3.8) is 0 Å². The second-order valence-corrected chi connectivity index (χ2v) is 4.16.